The van der Waals surface area contributed by atoms with Gasteiger partial charge < -0.3 is 15.0 Å². The van der Waals surface area contributed by atoms with E-state index in [-0.39, 0.29) is 12.0 Å². The highest BCUT2D eigenvalue weighted by Gasteiger charge is 2.23. The predicted octanol–water partition coefficient (Wildman–Crippen LogP) is 1.89. The summed E-state index contributed by atoms with van der Waals surface area (Å²) in [6, 6.07) is 3.93. The lowest BCUT2D eigenvalue weighted by Crippen LogP contribution is -2.41. The molecule has 1 aliphatic rings. The van der Waals surface area contributed by atoms with Gasteiger partial charge in [-0.05, 0) is 30.2 Å². The highest BCUT2D eigenvalue weighted by molar-refractivity contribution is 7.10. The lowest BCUT2D eigenvalue weighted by molar-refractivity contribution is -0.120. The summed E-state index contributed by atoms with van der Waals surface area (Å²) in [6.07, 6.45) is 2.02. The van der Waals surface area contributed by atoms with Crippen molar-refractivity contribution < 1.29 is 14.3 Å². The Morgan fingerprint density at radius 3 is 2.80 bits per heavy atom. The van der Waals surface area contributed by atoms with Crippen LogP contribution in [0.25, 0.3) is 0 Å². The van der Waals surface area contributed by atoms with Crippen LogP contribution < -0.4 is 5.32 Å². The quantitative estimate of drug-likeness (QED) is 0.923. The number of methoxy groups -OCH3 is 1. The van der Waals surface area contributed by atoms with E-state index in [1.54, 1.807) is 16.2 Å². The molecule has 0 spiro atoms. The molecule has 0 aromatic carbocycles. The van der Waals surface area contributed by atoms with E-state index >= 15 is 0 Å². The highest BCUT2D eigenvalue weighted by atomic mass is 32.1. The molecular formula is C14H20N2O3S. The summed E-state index contributed by atoms with van der Waals surface area (Å²) >= 11 is 1.60. The number of thiophene rings is 1. The predicted molar refractivity (Wildman–Crippen MR) is 77.7 cm³/mol. The summed E-state index contributed by atoms with van der Waals surface area (Å²) in [5.41, 5.74) is 0. The molecule has 5 nitrogen and oxygen atoms in total. The van der Waals surface area contributed by atoms with Crippen LogP contribution in [0, 0.1) is 5.92 Å². The van der Waals surface area contributed by atoms with Gasteiger partial charge in [0.25, 0.3) is 0 Å². The zero-order valence-electron chi connectivity index (χ0n) is 11.6. The number of carbonyl (C=O) groups excluding carboxylic acids is 2. The van der Waals surface area contributed by atoms with Crippen LogP contribution in [0.15, 0.2) is 17.5 Å². The van der Waals surface area contributed by atoms with E-state index in [9.17, 15) is 9.59 Å². The highest BCUT2D eigenvalue weighted by Crippen LogP contribution is 2.17. The Labute approximate surface area is 122 Å². The summed E-state index contributed by atoms with van der Waals surface area (Å²) < 4.78 is 4.70. The van der Waals surface area contributed by atoms with Gasteiger partial charge in [0.1, 0.15) is 0 Å². The van der Waals surface area contributed by atoms with Crippen molar-refractivity contribution >= 4 is 23.3 Å². The molecule has 0 bridgehead atoms. The molecule has 1 aromatic heterocycles. The van der Waals surface area contributed by atoms with E-state index in [4.69, 9.17) is 4.74 Å². The van der Waals surface area contributed by atoms with Crippen molar-refractivity contribution in [3.8, 4) is 0 Å². The minimum Gasteiger partial charge on any atom is -0.453 e. The smallest absolute Gasteiger partial charge is 0.409 e. The van der Waals surface area contributed by atoms with Crippen LogP contribution in [-0.4, -0.2) is 43.6 Å². The van der Waals surface area contributed by atoms with Crippen LogP contribution in [0.4, 0.5) is 4.79 Å². The van der Waals surface area contributed by atoms with E-state index in [0.717, 1.165) is 17.7 Å². The van der Waals surface area contributed by atoms with Gasteiger partial charge in [0.05, 0.1) is 13.5 Å². The molecule has 20 heavy (non-hydrogen) atoms. The molecular weight excluding hydrogens is 276 g/mol. The van der Waals surface area contributed by atoms with Gasteiger partial charge in [0, 0.05) is 24.5 Å². The summed E-state index contributed by atoms with van der Waals surface area (Å²) in [5, 5.41) is 4.96. The van der Waals surface area contributed by atoms with Crippen molar-refractivity contribution in [3.63, 3.8) is 0 Å². The SMILES string of the molecule is COC(=O)N1CCC(CNC(=O)Cc2cccs2)CC1. The molecule has 6 heteroatoms. The molecule has 1 aliphatic heterocycles. The second kappa shape index (κ2) is 7.28. The third kappa shape index (κ3) is 4.23. The fourth-order valence-electron chi connectivity index (χ4n) is 2.34. The molecule has 1 N–H and O–H groups in total. The maximum absolute atomic E-state index is 11.8. The van der Waals surface area contributed by atoms with Crippen LogP contribution >= 0.6 is 11.3 Å². The first-order valence-corrected chi connectivity index (χ1v) is 7.69. The maximum Gasteiger partial charge on any atom is 0.409 e. The minimum atomic E-state index is -0.259. The van der Waals surface area contributed by atoms with E-state index in [1.165, 1.54) is 7.11 Å². The molecule has 0 aliphatic carbocycles. The molecule has 0 atom stereocenters. The van der Waals surface area contributed by atoms with Crippen LogP contribution in [-0.2, 0) is 16.0 Å². The molecule has 1 fully saturated rings. The van der Waals surface area contributed by atoms with Gasteiger partial charge in [-0.1, -0.05) is 6.07 Å². The van der Waals surface area contributed by atoms with Gasteiger partial charge in [-0.3, -0.25) is 4.79 Å². The molecule has 110 valence electrons. The van der Waals surface area contributed by atoms with Crippen molar-refractivity contribution in [2.75, 3.05) is 26.7 Å². The lowest BCUT2D eigenvalue weighted by Gasteiger charge is -2.30. The first kappa shape index (κ1) is 14.8. The van der Waals surface area contributed by atoms with Gasteiger partial charge in [-0.25, -0.2) is 4.79 Å². The Bertz CT molecular complexity index is 439. The summed E-state index contributed by atoms with van der Waals surface area (Å²) in [5.74, 6) is 0.519. The average Bonchev–Trinajstić information content (AvgIpc) is 2.97. The van der Waals surface area contributed by atoms with Gasteiger partial charge in [0.2, 0.25) is 5.91 Å². The molecule has 2 amide bonds. The monoisotopic (exact) mass is 296 g/mol. The molecule has 0 saturated carbocycles. The molecule has 0 radical (unpaired) electrons. The lowest BCUT2D eigenvalue weighted by atomic mass is 9.97. The normalized spacial score (nSPS) is 15.9. The van der Waals surface area contributed by atoms with Gasteiger partial charge >= 0.3 is 6.09 Å². The molecule has 1 saturated heterocycles. The summed E-state index contributed by atoms with van der Waals surface area (Å²) in [4.78, 5) is 25.9. The van der Waals surface area contributed by atoms with Crippen LogP contribution in [0.2, 0.25) is 0 Å². The zero-order chi connectivity index (χ0) is 14.4. The van der Waals surface area contributed by atoms with Crippen molar-refractivity contribution in [2.24, 2.45) is 5.92 Å². The summed E-state index contributed by atoms with van der Waals surface area (Å²) in [7, 11) is 1.40. The van der Waals surface area contributed by atoms with Crippen LogP contribution in [0.1, 0.15) is 17.7 Å². The number of piperidine rings is 1. The Morgan fingerprint density at radius 1 is 1.45 bits per heavy atom. The number of likely N-dealkylation sites (tertiary alicyclic amines) is 1. The van der Waals surface area contributed by atoms with Gasteiger partial charge in [0.15, 0.2) is 0 Å². The van der Waals surface area contributed by atoms with Gasteiger partial charge in [-0.2, -0.15) is 0 Å². The number of nitrogens with one attached hydrogen (secondary N) is 1. The van der Waals surface area contributed by atoms with Crippen molar-refractivity contribution in [3.05, 3.63) is 22.4 Å². The van der Waals surface area contributed by atoms with E-state index in [2.05, 4.69) is 5.32 Å². The third-order valence-electron chi connectivity index (χ3n) is 3.55. The minimum absolute atomic E-state index is 0.0721. The maximum atomic E-state index is 11.8. The van der Waals surface area contributed by atoms with Crippen LogP contribution in [0.3, 0.4) is 0 Å². The first-order chi connectivity index (χ1) is 9.69. The van der Waals surface area contributed by atoms with Crippen LogP contribution in [0.5, 0.6) is 0 Å². The molecule has 1 aromatic rings. The van der Waals surface area contributed by atoms with Crippen molar-refractivity contribution in [1.82, 2.24) is 10.2 Å². The average molecular weight is 296 g/mol. The Hall–Kier alpha value is -1.56. The molecule has 2 heterocycles. The largest absolute Gasteiger partial charge is 0.453 e. The van der Waals surface area contributed by atoms with Crippen molar-refractivity contribution in [2.45, 2.75) is 19.3 Å². The number of hydrogen-bond donors (Lipinski definition) is 1. The van der Waals surface area contributed by atoms with E-state index in [0.29, 0.717) is 32.0 Å². The first-order valence-electron chi connectivity index (χ1n) is 6.81. The standard InChI is InChI=1S/C14H20N2O3S/c1-19-14(18)16-6-4-11(5-7-16)10-15-13(17)9-12-3-2-8-20-12/h2-3,8,11H,4-7,9-10H2,1H3,(H,15,17). The van der Waals surface area contributed by atoms with E-state index in [1.807, 2.05) is 17.5 Å². The fourth-order valence-corrected chi connectivity index (χ4v) is 3.04. The number of rotatable bonds is 4. The van der Waals surface area contributed by atoms with Gasteiger partial charge in [-0.15, -0.1) is 11.3 Å². The number of hydrogen-bond acceptors (Lipinski definition) is 4. The fraction of sp³-hybridized carbons (Fsp3) is 0.571. The Balaban J connectivity index is 1.66. The Morgan fingerprint density at radius 2 is 2.20 bits per heavy atom. The number of nitrogens with zero attached hydrogens (tertiary/aromatic N) is 1. The number of amides is 2. The number of ether oxygens (including phenoxy) is 1. The van der Waals surface area contributed by atoms with Crippen molar-refractivity contribution in [1.29, 1.82) is 0 Å². The zero-order valence-corrected chi connectivity index (χ0v) is 12.4. The second-order valence-electron chi connectivity index (χ2n) is 4.96. The molecule has 0 unspecified atom stereocenters. The number of carbonyl (C=O) groups is 2. The molecule has 2 rings (SSSR count). The second-order valence-corrected chi connectivity index (χ2v) is 5.99. The Kier molecular flexibility index (Phi) is 5.40. The summed E-state index contributed by atoms with van der Waals surface area (Å²) in [6.45, 7) is 2.11. The topological polar surface area (TPSA) is 58.6 Å². The third-order valence-corrected chi connectivity index (χ3v) is 4.43. The van der Waals surface area contributed by atoms with E-state index < -0.39 is 0 Å².